The number of carbonyl (C=O) groups is 2. The molecule has 2 aliphatic rings. The van der Waals surface area contributed by atoms with Gasteiger partial charge in [0, 0.05) is 32.1 Å². The SMILES string of the molecule is COc1ccc(S(=O)(=O)N2CCCN(C(=O)C3CC3)CC2)cc1C(N)=O. The quantitative estimate of drug-likeness (QED) is 0.795. The molecule has 2 N–H and O–H groups in total. The lowest BCUT2D eigenvalue weighted by atomic mass is 10.2. The van der Waals surface area contributed by atoms with Crippen molar-refractivity contribution >= 4 is 21.8 Å². The van der Waals surface area contributed by atoms with Crippen LogP contribution in [0, 0.1) is 5.92 Å². The summed E-state index contributed by atoms with van der Waals surface area (Å²) in [5.74, 6) is -0.271. The maximum Gasteiger partial charge on any atom is 0.252 e. The number of benzene rings is 1. The molecule has 1 heterocycles. The van der Waals surface area contributed by atoms with Gasteiger partial charge in [-0.15, -0.1) is 0 Å². The highest BCUT2D eigenvalue weighted by atomic mass is 32.2. The van der Waals surface area contributed by atoms with E-state index in [2.05, 4.69) is 0 Å². The van der Waals surface area contributed by atoms with Gasteiger partial charge in [-0.1, -0.05) is 0 Å². The number of hydrogen-bond donors (Lipinski definition) is 1. The van der Waals surface area contributed by atoms with E-state index < -0.39 is 15.9 Å². The number of methoxy groups -OCH3 is 1. The van der Waals surface area contributed by atoms with Crippen LogP contribution >= 0.6 is 0 Å². The minimum absolute atomic E-state index is 0.00549. The van der Waals surface area contributed by atoms with Crippen LogP contribution in [0.25, 0.3) is 0 Å². The van der Waals surface area contributed by atoms with Crippen molar-refractivity contribution in [1.82, 2.24) is 9.21 Å². The fraction of sp³-hybridized carbons (Fsp3) is 0.529. The molecule has 3 rings (SSSR count). The first kappa shape index (κ1) is 18.7. The van der Waals surface area contributed by atoms with Crippen molar-refractivity contribution in [3.8, 4) is 5.75 Å². The number of ether oxygens (including phenoxy) is 1. The lowest BCUT2D eigenvalue weighted by Crippen LogP contribution is -2.38. The molecule has 0 radical (unpaired) electrons. The topological polar surface area (TPSA) is 110 Å². The second kappa shape index (κ2) is 7.24. The van der Waals surface area contributed by atoms with Gasteiger partial charge in [0.15, 0.2) is 0 Å². The zero-order valence-electron chi connectivity index (χ0n) is 14.7. The number of nitrogens with two attached hydrogens (primary N) is 1. The Labute approximate surface area is 152 Å². The van der Waals surface area contributed by atoms with Gasteiger partial charge in [-0.05, 0) is 37.5 Å². The van der Waals surface area contributed by atoms with Crippen molar-refractivity contribution in [2.75, 3.05) is 33.3 Å². The van der Waals surface area contributed by atoms with E-state index in [-0.39, 0.29) is 34.6 Å². The third-order valence-electron chi connectivity index (χ3n) is 4.77. The Morgan fingerprint density at radius 2 is 1.88 bits per heavy atom. The van der Waals surface area contributed by atoms with Crippen molar-refractivity contribution < 1.29 is 22.7 Å². The Morgan fingerprint density at radius 1 is 1.15 bits per heavy atom. The molecule has 142 valence electrons. The summed E-state index contributed by atoms with van der Waals surface area (Å²) in [5.41, 5.74) is 5.34. The molecule has 26 heavy (non-hydrogen) atoms. The van der Waals surface area contributed by atoms with Crippen LogP contribution in [0.5, 0.6) is 5.75 Å². The van der Waals surface area contributed by atoms with Gasteiger partial charge in [-0.2, -0.15) is 4.31 Å². The molecule has 1 aliphatic heterocycles. The average molecular weight is 381 g/mol. The molecule has 1 saturated carbocycles. The summed E-state index contributed by atoms with van der Waals surface area (Å²) >= 11 is 0. The molecule has 0 unspecified atom stereocenters. The number of rotatable bonds is 5. The van der Waals surface area contributed by atoms with Gasteiger partial charge in [0.25, 0.3) is 5.91 Å². The van der Waals surface area contributed by atoms with Gasteiger partial charge in [0.1, 0.15) is 5.75 Å². The summed E-state index contributed by atoms with van der Waals surface area (Å²) in [6.07, 6.45) is 2.44. The van der Waals surface area contributed by atoms with Crippen molar-refractivity contribution in [2.45, 2.75) is 24.2 Å². The molecule has 0 bridgehead atoms. The van der Waals surface area contributed by atoms with Crippen molar-refractivity contribution in [2.24, 2.45) is 11.7 Å². The Morgan fingerprint density at radius 3 is 2.50 bits per heavy atom. The first-order valence-electron chi connectivity index (χ1n) is 8.61. The number of amides is 2. The van der Waals surface area contributed by atoms with Gasteiger partial charge in [-0.25, -0.2) is 8.42 Å². The van der Waals surface area contributed by atoms with Crippen LogP contribution in [0.15, 0.2) is 23.1 Å². The van der Waals surface area contributed by atoms with Crippen LogP contribution in [0.4, 0.5) is 0 Å². The third-order valence-corrected chi connectivity index (χ3v) is 6.66. The lowest BCUT2D eigenvalue weighted by molar-refractivity contribution is -0.132. The van der Waals surface area contributed by atoms with E-state index in [1.807, 2.05) is 0 Å². The molecule has 1 aromatic carbocycles. The van der Waals surface area contributed by atoms with E-state index in [0.29, 0.717) is 26.1 Å². The van der Waals surface area contributed by atoms with Crippen molar-refractivity contribution in [3.63, 3.8) is 0 Å². The van der Waals surface area contributed by atoms with Gasteiger partial charge >= 0.3 is 0 Å². The Hall–Kier alpha value is -2.13. The zero-order valence-corrected chi connectivity index (χ0v) is 15.5. The average Bonchev–Trinajstić information content (AvgIpc) is 3.46. The van der Waals surface area contributed by atoms with Gasteiger partial charge in [0.2, 0.25) is 15.9 Å². The monoisotopic (exact) mass is 381 g/mol. The molecular weight excluding hydrogens is 358 g/mol. The molecule has 1 aliphatic carbocycles. The lowest BCUT2D eigenvalue weighted by Gasteiger charge is -2.22. The first-order valence-corrected chi connectivity index (χ1v) is 10.1. The van der Waals surface area contributed by atoms with E-state index in [9.17, 15) is 18.0 Å². The summed E-state index contributed by atoms with van der Waals surface area (Å²) in [5, 5.41) is 0. The molecular formula is C17H23N3O5S. The molecule has 0 atom stereocenters. The Balaban J connectivity index is 1.80. The molecule has 2 fully saturated rings. The maximum atomic E-state index is 13.0. The van der Waals surface area contributed by atoms with Crippen LogP contribution < -0.4 is 10.5 Å². The van der Waals surface area contributed by atoms with E-state index in [4.69, 9.17) is 10.5 Å². The van der Waals surface area contributed by atoms with Gasteiger partial charge in [0.05, 0.1) is 17.6 Å². The van der Waals surface area contributed by atoms with Crippen LogP contribution in [-0.2, 0) is 14.8 Å². The number of carbonyl (C=O) groups excluding carboxylic acids is 2. The summed E-state index contributed by atoms with van der Waals surface area (Å²) in [4.78, 5) is 25.5. The number of sulfonamides is 1. The summed E-state index contributed by atoms with van der Waals surface area (Å²) in [7, 11) is -2.40. The molecule has 9 heteroatoms. The minimum Gasteiger partial charge on any atom is -0.496 e. The van der Waals surface area contributed by atoms with Crippen LogP contribution in [-0.4, -0.2) is 62.7 Å². The number of nitrogens with zero attached hydrogens (tertiary/aromatic N) is 2. The van der Waals surface area contributed by atoms with Crippen LogP contribution in [0.2, 0.25) is 0 Å². The molecule has 0 aromatic heterocycles. The fourth-order valence-corrected chi connectivity index (χ4v) is 4.63. The summed E-state index contributed by atoms with van der Waals surface area (Å²) in [6.45, 7) is 1.51. The second-order valence-electron chi connectivity index (χ2n) is 6.58. The minimum atomic E-state index is -3.79. The van der Waals surface area contributed by atoms with Gasteiger partial charge < -0.3 is 15.4 Å². The standard InChI is InChI=1S/C17H23N3O5S/c1-25-15-6-5-13(11-14(15)16(18)21)26(23,24)20-8-2-7-19(9-10-20)17(22)12-3-4-12/h5-6,11-12H,2-4,7-10H2,1H3,(H2,18,21). The highest BCUT2D eigenvalue weighted by Gasteiger charge is 2.35. The van der Waals surface area contributed by atoms with E-state index in [0.717, 1.165) is 12.8 Å². The molecule has 1 aromatic rings. The fourth-order valence-electron chi connectivity index (χ4n) is 3.13. The van der Waals surface area contributed by atoms with Crippen molar-refractivity contribution in [3.05, 3.63) is 23.8 Å². The second-order valence-corrected chi connectivity index (χ2v) is 8.52. The van der Waals surface area contributed by atoms with E-state index >= 15 is 0 Å². The Kier molecular flexibility index (Phi) is 5.19. The largest absolute Gasteiger partial charge is 0.496 e. The number of primary amides is 1. The molecule has 0 spiro atoms. The zero-order chi connectivity index (χ0) is 18.9. The third kappa shape index (κ3) is 3.68. The summed E-state index contributed by atoms with van der Waals surface area (Å²) in [6, 6.07) is 4.07. The predicted molar refractivity (Wildman–Crippen MR) is 94.2 cm³/mol. The van der Waals surface area contributed by atoms with Crippen LogP contribution in [0.3, 0.4) is 0 Å². The molecule has 2 amide bonds. The van der Waals surface area contributed by atoms with Gasteiger partial charge in [-0.3, -0.25) is 9.59 Å². The molecule has 8 nitrogen and oxygen atoms in total. The number of hydrogen-bond acceptors (Lipinski definition) is 5. The summed E-state index contributed by atoms with van der Waals surface area (Å²) < 4.78 is 32.3. The smallest absolute Gasteiger partial charge is 0.252 e. The highest BCUT2D eigenvalue weighted by Crippen LogP contribution is 2.31. The maximum absolute atomic E-state index is 13.0. The highest BCUT2D eigenvalue weighted by molar-refractivity contribution is 7.89. The first-order chi connectivity index (χ1) is 12.3. The molecule has 1 saturated heterocycles. The van der Waals surface area contributed by atoms with Crippen molar-refractivity contribution in [1.29, 1.82) is 0 Å². The van der Waals surface area contributed by atoms with Crippen LogP contribution in [0.1, 0.15) is 29.6 Å². The Bertz CT molecular complexity index is 820. The predicted octanol–water partition coefficient (Wildman–Crippen LogP) is 0.427. The van der Waals surface area contributed by atoms with E-state index in [1.54, 1.807) is 4.90 Å². The van der Waals surface area contributed by atoms with E-state index in [1.165, 1.54) is 29.6 Å². The normalized spacial score (nSPS) is 19.0.